The molecule has 0 aliphatic carbocycles. The van der Waals surface area contributed by atoms with Crippen LogP contribution in [0, 0.1) is 0 Å². The molecule has 9 heteroatoms. The van der Waals surface area contributed by atoms with Gasteiger partial charge in [0.2, 0.25) is 0 Å². The van der Waals surface area contributed by atoms with Gasteiger partial charge in [-0.05, 0) is 40.2 Å². The Kier molecular flexibility index (Phi) is 5.36. The topological polar surface area (TPSA) is 121 Å². The zero-order valence-corrected chi connectivity index (χ0v) is 13.2. The highest BCUT2D eigenvalue weighted by atomic mass is 79.9. The molecule has 23 heavy (non-hydrogen) atoms. The van der Waals surface area contributed by atoms with Gasteiger partial charge >= 0.3 is 0 Å². The predicted molar refractivity (Wildman–Crippen MR) is 82.5 cm³/mol. The van der Waals surface area contributed by atoms with Gasteiger partial charge in [0.25, 0.3) is 17.7 Å². The van der Waals surface area contributed by atoms with Crippen LogP contribution in [0.25, 0.3) is 0 Å². The molecule has 120 valence electrons. The smallest absolute Gasteiger partial charge is 0.287 e. The van der Waals surface area contributed by atoms with Gasteiger partial charge in [-0.2, -0.15) is 0 Å². The Hall–Kier alpha value is -2.81. The number of amides is 3. The van der Waals surface area contributed by atoms with Crippen molar-refractivity contribution in [2.24, 2.45) is 0 Å². The molecule has 3 amide bonds. The second-order valence-corrected chi connectivity index (χ2v) is 5.09. The second-order valence-electron chi connectivity index (χ2n) is 4.31. The predicted octanol–water partition coefficient (Wildman–Crippen LogP) is 0.939. The number of aromatic hydroxyl groups is 1. The Labute approximate surface area is 139 Å². The molecular formula is C14H12BrN3O5. The number of benzene rings is 1. The van der Waals surface area contributed by atoms with E-state index in [0.29, 0.717) is 4.67 Å². The van der Waals surface area contributed by atoms with Gasteiger partial charge in [0.05, 0.1) is 12.1 Å². The summed E-state index contributed by atoms with van der Waals surface area (Å²) < 4.78 is 5.41. The molecule has 0 saturated heterocycles. The number of phenols is 1. The van der Waals surface area contributed by atoms with Crippen LogP contribution in [0.1, 0.15) is 20.9 Å². The van der Waals surface area contributed by atoms with E-state index in [9.17, 15) is 19.5 Å². The Morgan fingerprint density at radius 2 is 1.78 bits per heavy atom. The van der Waals surface area contributed by atoms with Crippen molar-refractivity contribution in [2.45, 2.75) is 0 Å². The van der Waals surface area contributed by atoms with Crippen LogP contribution in [-0.4, -0.2) is 29.4 Å². The number of nitrogens with one attached hydrogen (secondary N) is 3. The summed E-state index contributed by atoms with van der Waals surface area (Å²) in [6.45, 7) is -0.363. The maximum atomic E-state index is 11.7. The number of hydrazine groups is 1. The number of furan rings is 1. The van der Waals surface area contributed by atoms with Crippen molar-refractivity contribution >= 4 is 33.7 Å². The molecule has 0 saturated carbocycles. The first-order valence-corrected chi connectivity index (χ1v) is 7.17. The van der Waals surface area contributed by atoms with Crippen LogP contribution in [0.15, 0.2) is 45.5 Å². The standard InChI is InChI=1S/C14H12BrN3O5/c15-11-6-5-10(23-11)14(22)16-7-12(20)17-18-13(21)8-3-1-2-4-9(8)19/h1-6,19H,7H2,(H,16,22)(H,17,20)(H,18,21). The molecule has 0 aliphatic heterocycles. The average molecular weight is 382 g/mol. The SMILES string of the molecule is O=C(CNC(=O)c1ccc(Br)o1)NNC(=O)c1ccccc1O. The number of halogens is 1. The van der Waals surface area contributed by atoms with E-state index in [0.717, 1.165) is 0 Å². The van der Waals surface area contributed by atoms with Gasteiger partial charge < -0.3 is 14.8 Å². The minimum Gasteiger partial charge on any atom is -0.507 e. The van der Waals surface area contributed by atoms with Gasteiger partial charge in [-0.3, -0.25) is 25.2 Å². The molecule has 0 bridgehead atoms. The fourth-order valence-corrected chi connectivity index (χ4v) is 1.89. The lowest BCUT2D eigenvalue weighted by molar-refractivity contribution is -0.120. The summed E-state index contributed by atoms with van der Waals surface area (Å²) in [5.74, 6) is -2.07. The highest BCUT2D eigenvalue weighted by molar-refractivity contribution is 9.10. The fourth-order valence-electron chi connectivity index (χ4n) is 1.59. The van der Waals surface area contributed by atoms with Crippen LogP contribution in [0.2, 0.25) is 0 Å². The molecule has 0 unspecified atom stereocenters. The number of para-hydroxylation sites is 1. The lowest BCUT2D eigenvalue weighted by atomic mass is 10.2. The molecule has 0 radical (unpaired) electrons. The first-order chi connectivity index (χ1) is 11.0. The summed E-state index contributed by atoms with van der Waals surface area (Å²) >= 11 is 3.06. The highest BCUT2D eigenvalue weighted by Crippen LogP contribution is 2.15. The molecule has 4 N–H and O–H groups in total. The van der Waals surface area contributed by atoms with E-state index < -0.39 is 17.7 Å². The summed E-state index contributed by atoms with van der Waals surface area (Å²) in [7, 11) is 0. The lowest BCUT2D eigenvalue weighted by Gasteiger charge is -2.08. The van der Waals surface area contributed by atoms with Crippen molar-refractivity contribution in [1.29, 1.82) is 0 Å². The number of carbonyl (C=O) groups is 3. The lowest BCUT2D eigenvalue weighted by Crippen LogP contribution is -2.46. The van der Waals surface area contributed by atoms with E-state index in [1.165, 1.54) is 18.2 Å². The molecule has 1 aromatic carbocycles. The van der Waals surface area contributed by atoms with Crippen LogP contribution < -0.4 is 16.2 Å². The first kappa shape index (κ1) is 16.6. The van der Waals surface area contributed by atoms with Crippen molar-refractivity contribution in [3.63, 3.8) is 0 Å². The molecular weight excluding hydrogens is 370 g/mol. The van der Waals surface area contributed by atoms with Gasteiger partial charge in [-0.25, -0.2) is 0 Å². The number of rotatable bonds is 4. The van der Waals surface area contributed by atoms with E-state index in [1.54, 1.807) is 18.2 Å². The summed E-state index contributed by atoms with van der Waals surface area (Å²) in [5, 5.41) is 11.8. The van der Waals surface area contributed by atoms with E-state index in [1.807, 2.05) is 0 Å². The van der Waals surface area contributed by atoms with Gasteiger partial charge in [0.1, 0.15) is 5.75 Å². The number of hydrogen-bond donors (Lipinski definition) is 4. The fraction of sp³-hybridized carbons (Fsp3) is 0.0714. The summed E-state index contributed by atoms with van der Waals surface area (Å²) in [5.41, 5.74) is 4.25. The molecule has 1 aromatic heterocycles. The van der Waals surface area contributed by atoms with Crippen LogP contribution in [0.5, 0.6) is 5.75 Å². The van der Waals surface area contributed by atoms with Gasteiger partial charge in [-0.1, -0.05) is 12.1 Å². The minimum atomic E-state index is -0.683. The quantitative estimate of drug-likeness (QED) is 0.587. The van der Waals surface area contributed by atoms with Crippen molar-refractivity contribution in [3.8, 4) is 5.75 Å². The molecule has 1 heterocycles. The zero-order chi connectivity index (χ0) is 16.8. The van der Waals surface area contributed by atoms with E-state index in [4.69, 9.17) is 4.42 Å². The minimum absolute atomic E-state index is 0.0114. The monoisotopic (exact) mass is 381 g/mol. The zero-order valence-electron chi connectivity index (χ0n) is 11.6. The maximum Gasteiger partial charge on any atom is 0.287 e. The first-order valence-electron chi connectivity index (χ1n) is 6.38. The van der Waals surface area contributed by atoms with Gasteiger partial charge in [0.15, 0.2) is 10.4 Å². The molecule has 2 aromatic rings. The Balaban J connectivity index is 1.78. The molecule has 2 rings (SSSR count). The molecule has 0 spiro atoms. The van der Waals surface area contributed by atoms with Crippen LogP contribution in [-0.2, 0) is 4.79 Å². The average Bonchev–Trinajstić information content (AvgIpc) is 2.97. The van der Waals surface area contributed by atoms with Crippen molar-refractivity contribution < 1.29 is 23.9 Å². The Morgan fingerprint density at radius 3 is 2.43 bits per heavy atom. The highest BCUT2D eigenvalue weighted by Gasteiger charge is 2.13. The third-order valence-corrected chi connectivity index (χ3v) is 3.10. The van der Waals surface area contributed by atoms with Crippen molar-refractivity contribution in [1.82, 2.24) is 16.2 Å². The Morgan fingerprint density at radius 1 is 1.04 bits per heavy atom. The molecule has 0 fully saturated rings. The van der Waals surface area contributed by atoms with Gasteiger partial charge in [0, 0.05) is 0 Å². The van der Waals surface area contributed by atoms with E-state index >= 15 is 0 Å². The summed E-state index contributed by atoms with van der Waals surface area (Å²) in [6.07, 6.45) is 0. The number of hydrogen-bond acceptors (Lipinski definition) is 5. The number of phenolic OH excluding ortho intramolecular Hbond substituents is 1. The third-order valence-electron chi connectivity index (χ3n) is 2.67. The number of carbonyl (C=O) groups excluding carboxylic acids is 3. The molecule has 0 atom stereocenters. The van der Waals surface area contributed by atoms with E-state index in [-0.39, 0.29) is 23.6 Å². The molecule has 0 aliphatic rings. The van der Waals surface area contributed by atoms with Crippen LogP contribution >= 0.6 is 15.9 Å². The second kappa shape index (κ2) is 7.45. The van der Waals surface area contributed by atoms with E-state index in [2.05, 4.69) is 32.1 Å². The largest absolute Gasteiger partial charge is 0.507 e. The summed E-state index contributed by atoms with van der Waals surface area (Å²) in [4.78, 5) is 34.9. The third kappa shape index (κ3) is 4.58. The molecule has 8 nitrogen and oxygen atoms in total. The summed E-state index contributed by atoms with van der Waals surface area (Å²) in [6, 6.07) is 8.86. The van der Waals surface area contributed by atoms with Crippen LogP contribution in [0.3, 0.4) is 0 Å². The van der Waals surface area contributed by atoms with Gasteiger partial charge in [-0.15, -0.1) is 0 Å². The Bertz CT molecular complexity index is 744. The van der Waals surface area contributed by atoms with Crippen molar-refractivity contribution in [3.05, 3.63) is 52.4 Å². The normalized spacial score (nSPS) is 9.96. The van der Waals surface area contributed by atoms with Crippen LogP contribution in [0.4, 0.5) is 0 Å². The van der Waals surface area contributed by atoms with Crippen molar-refractivity contribution in [2.75, 3.05) is 6.54 Å². The maximum absolute atomic E-state index is 11.7.